The number of rotatable bonds is 33. The Morgan fingerprint density at radius 1 is 0.659 bits per heavy atom. The molecular weight excluding hydrogens is 1100 g/mol. The minimum atomic E-state index is -1.52. The highest BCUT2D eigenvalue weighted by atomic mass is 16.4. The Bertz CT molecular complexity index is 2920. The summed E-state index contributed by atoms with van der Waals surface area (Å²) in [7, 11) is 0. The van der Waals surface area contributed by atoms with Gasteiger partial charge in [0.15, 0.2) is 5.96 Å². The van der Waals surface area contributed by atoms with Gasteiger partial charge in [-0.2, -0.15) is 0 Å². The summed E-state index contributed by atoms with van der Waals surface area (Å²) in [5.41, 5.74) is 18.7. The molecule has 4 aromatic rings. The Balaban J connectivity index is 1.38. The molecule has 0 radical (unpaired) electrons. The highest BCUT2D eigenvalue weighted by molar-refractivity contribution is 5.99. The third-order valence-electron chi connectivity index (χ3n) is 14.3. The molecule has 0 aliphatic carbocycles. The van der Waals surface area contributed by atoms with Gasteiger partial charge in [0.2, 0.25) is 47.3 Å². The number of hydrogen-bond acceptors (Lipinski definition) is 15. The Kier molecular flexibility index (Phi) is 25.3. The molecular formula is C56H78N16O13. The zero-order chi connectivity index (χ0) is 62.3. The lowest BCUT2D eigenvalue weighted by Crippen LogP contribution is -2.62. The number of nitrogens with zero attached hydrogens (tertiary/aromatic N) is 4. The van der Waals surface area contributed by atoms with Crippen molar-refractivity contribution in [1.29, 1.82) is 0 Å². The van der Waals surface area contributed by atoms with E-state index in [1.807, 2.05) is 0 Å². The summed E-state index contributed by atoms with van der Waals surface area (Å²) < 4.78 is 0. The van der Waals surface area contributed by atoms with E-state index in [0.717, 1.165) is 0 Å². The van der Waals surface area contributed by atoms with Crippen LogP contribution in [0.5, 0.6) is 5.75 Å². The van der Waals surface area contributed by atoms with Gasteiger partial charge in [-0.05, 0) is 60.8 Å². The number of phenolic OH excluding ortho intramolecular Hbond substituents is 1. The lowest BCUT2D eigenvalue weighted by molar-refractivity contribution is -0.143. The van der Waals surface area contributed by atoms with Gasteiger partial charge < -0.3 is 84.6 Å². The first-order valence-electron chi connectivity index (χ1n) is 27.9. The van der Waals surface area contributed by atoms with E-state index in [-0.39, 0.29) is 69.7 Å². The van der Waals surface area contributed by atoms with Crippen LogP contribution in [-0.2, 0) is 73.6 Å². The lowest BCUT2D eigenvalue weighted by Gasteiger charge is -2.32. The number of aromatic nitrogens is 4. The lowest BCUT2D eigenvalue weighted by atomic mass is 9.96. The van der Waals surface area contributed by atoms with E-state index in [1.165, 1.54) is 54.2 Å². The van der Waals surface area contributed by atoms with Crippen molar-refractivity contribution in [2.24, 2.45) is 34.0 Å². The van der Waals surface area contributed by atoms with Gasteiger partial charge in [-0.25, -0.2) is 14.8 Å². The Hall–Kier alpha value is -9.41. The van der Waals surface area contributed by atoms with E-state index in [4.69, 9.17) is 17.2 Å². The first-order valence-corrected chi connectivity index (χ1v) is 27.9. The van der Waals surface area contributed by atoms with Crippen molar-refractivity contribution in [1.82, 2.24) is 62.1 Å². The summed E-state index contributed by atoms with van der Waals surface area (Å²) in [6.45, 7) is 6.81. The molecule has 29 nitrogen and oxygen atoms in total. The maximum absolute atomic E-state index is 14.9. The third kappa shape index (κ3) is 20.8. The molecule has 5 rings (SSSR count). The number of nitrogens with two attached hydrogens (primary N) is 3. The molecule has 18 N–H and O–H groups in total. The van der Waals surface area contributed by atoms with Gasteiger partial charge >= 0.3 is 11.9 Å². The van der Waals surface area contributed by atoms with Gasteiger partial charge in [0.1, 0.15) is 54.1 Å². The Labute approximate surface area is 490 Å². The first kappa shape index (κ1) is 66.4. The highest BCUT2D eigenvalue weighted by Gasteiger charge is 2.41. The van der Waals surface area contributed by atoms with Crippen LogP contribution in [0.2, 0.25) is 0 Å². The van der Waals surface area contributed by atoms with Crippen molar-refractivity contribution < 1.29 is 63.3 Å². The number of nitrogens with one attached hydrogen (secondary N) is 9. The topological polar surface area (TPSA) is 467 Å². The van der Waals surface area contributed by atoms with E-state index in [1.54, 1.807) is 58.0 Å². The molecule has 1 aliphatic rings. The monoisotopic (exact) mass is 1180 g/mol. The van der Waals surface area contributed by atoms with E-state index in [0.29, 0.717) is 35.4 Å². The van der Waals surface area contributed by atoms with Gasteiger partial charge in [0.05, 0.1) is 25.1 Å². The van der Waals surface area contributed by atoms with Crippen LogP contribution in [0.25, 0.3) is 0 Å². The smallest absolute Gasteiger partial charge is 0.326 e. The molecule has 29 heteroatoms. The summed E-state index contributed by atoms with van der Waals surface area (Å²) in [5.74, 6) is -10.7. The van der Waals surface area contributed by atoms with Crippen molar-refractivity contribution in [3.63, 3.8) is 0 Å². The zero-order valence-corrected chi connectivity index (χ0v) is 47.8. The highest BCUT2D eigenvalue weighted by Crippen LogP contribution is 2.22. The van der Waals surface area contributed by atoms with E-state index >= 15 is 0 Å². The third-order valence-corrected chi connectivity index (χ3v) is 14.3. The first-order chi connectivity index (χ1) is 40.4. The van der Waals surface area contributed by atoms with Crippen LogP contribution in [0.15, 0.2) is 84.6 Å². The second-order valence-corrected chi connectivity index (χ2v) is 21.2. The standard InChI is InChI=1S/C56H78N16O13/c1-5-31(4)46(71-50(79)40(22-33-15-17-36(73)18-16-33)67-52(81)45(30(2)3)70-48(77)38(13-9-19-62-56(58)59)65-47(76)37(57)25-44(74)75)53(82)68-41(23-34-26-60-28-63-34)54(83)72-20-10-14-43(72)51(80)66-39(21-32-11-7-6-8-12-32)49(78)69-42(55(84)85)24-35-27-61-29-64-35/h6-8,11-12,15-18,26-31,37-43,45-46,73H,5,9-10,13-14,19-25,57H2,1-4H3,(H,60,63)(H,61,64)(H,65,76)(H,66,80)(H,67,81)(H,68,82)(H,69,78)(H,70,77)(H,71,79)(H,74,75)(H,84,85)(H4,58,59,62)/t31-,37-,38-,39+,40-,41+,42+,43-,45-,46+/m1/s1. The second-order valence-electron chi connectivity index (χ2n) is 21.2. The number of carboxylic acid groups (broad SMARTS) is 2. The normalized spacial score (nSPS) is 16.1. The molecule has 0 saturated carbocycles. The number of carbonyl (C=O) groups excluding carboxylic acids is 8. The number of phenols is 1. The molecule has 1 saturated heterocycles. The molecule has 2 aromatic heterocycles. The fraction of sp³-hybridized carbons (Fsp3) is 0.482. The number of aliphatic carboxylic acids is 2. The fourth-order valence-electron chi connectivity index (χ4n) is 9.41. The fourth-order valence-corrected chi connectivity index (χ4v) is 9.41. The van der Waals surface area contributed by atoms with E-state index in [9.17, 15) is 63.3 Å². The van der Waals surface area contributed by atoms with Gasteiger partial charge in [0, 0.05) is 62.6 Å². The second kappa shape index (κ2) is 32.4. The van der Waals surface area contributed by atoms with Gasteiger partial charge in [0.25, 0.3) is 0 Å². The van der Waals surface area contributed by atoms with Crippen molar-refractivity contribution in [2.75, 3.05) is 13.1 Å². The Morgan fingerprint density at radius 2 is 1.19 bits per heavy atom. The predicted octanol–water partition coefficient (Wildman–Crippen LogP) is -1.86. The van der Waals surface area contributed by atoms with Gasteiger partial charge in [-0.15, -0.1) is 0 Å². The number of guanidine groups is 1. The summed E-state index contributed by atoms with van der Waals surface area (Å²) in [6, 6.07) is 2.25. The molecule has 3 heterocycles. The maximum Gasteiger partial charge on any atom is 0.326 e. The quantitative estimate of drug-likeness (QED) is 0.0141. The largest absolute Gasteiger partial charge is 0.508 e. The molecule has 1 aliphatic heterocycles. The molecule has 10 atom stereocenters. The number of amides is 8. The van der Waals surface area contributed by atoms with Crippen molar-refractivity contribution in [2.45, 2.75) is 146 Å². The number of H-pyrrole nitrogens is 2. The van der Waals surface area contributed by atoms with Crippen LogP contribution in [0.3, 0.4) is 0 Å². The number of aromatic amines is 2. The van der Waals surface area contributed by atoms with Crippen LogP contribution < -0.4 is 54.4 Å². The number of benzene rings is 2. The van der Waals surface area contributed by atoms with Gasteiger partial charge in [-0.3, -0.25) is 48.1 Å². The average Bonchev–Trinajstić information content (AvgIpc) is 4.24. The molecule has 85 heavy (non-hydrogen) atoms. The number of likely N-dealkylation sites (tertiary alicyclic amines) is 1. The Morgan fingerprint density at radius 3 is 1.75 bits per heavy atom. The number of hydrogen-bond donors (Lipinski definition) is 15. The molecule has 8 amide bonds. The zero-order valence-electron chi connectivity index (χ0n) is 47.8. The number of imidazole rings is 2. The SMILES string of the molecule is CC[C@@H](C)[C@H](NC(=O)[C@@H](Cc1ccc(O)cc1)NC(=O)[C@H](NC(=O)[C@@H](CCCN=C(N)N)NC(=O)[C@H](N)CC(=O)O)C(C)C)C(=O)N[C@@H](Cc1cnc[nH]1)C(=O)N1CCC[C@@H]1C(=O)N[C@@H](Cc1ccccc1)C(=O)N[C@@H](Cc1cnc[nH]1)C(=O)O. The summed E-state index contributed by atoms with van der Waals surface area (Å²) in [4.78, 5) is 157. The van der Waals surface area contributed by atoms with Crippen LogP contribution in [-0.4, -0.2) is 173 Å². The molecule has 1 fully saturated rings. The molecule has 0 spiro atoms. The summed E-state index contributed by atoms with van der Waals surface area (Å²) in [6.07, 6.45) is 5.29. The van der Waals surface area contributed by atoms with Crippen LogP contribution >= 0.6 is 0 Å². The average molecular weight is 1180 g/mol. The van der Waals surface area contributed by atoms with Crippen molar-refractivity contribution in [3.05, 3.63) is 102 Å². The maximum atomic E-state index is 14.9. The molecule has 2 aromatic carbocycles. The van der Waals surface area contributed by atoms with E-state index in [2.05, 4.69) is 62.1 Å². The summed E-state index contributed by atoms with van der Waals surface area (Å²) >= 11 is 0. The number of aromatic hydroxyl groups is 1. The number of carbonyl (C=O) groups is 10. The van der Waals surface area contributed by atoms with Crippen LogP contribution in [0.1, 0.15) is 88.7 Å². The number of carboxylic acids is 2. The van der Waals surface area contributed by atoms with Gasteiger partial charge in [-0.1, -0.05) is 76.6 Å². The van der Waals surface area contributed by atoms with Crippen LogP contribution in [0, 0.1) is 11.8 Å². The number of aliphatic imine (C=N–C) groups is 1. The van der Waals surface area contributed by atoms with E-state index < -0.39 is 132 Å². The minimum Gasteiger partial charge on any atom is -0.508 e. The predicted molar refractivity (Wildman–Crippen MR) is 307 cm³/mol. The van der Waals surface area contributed by atoms with Crippen molar-refractivity contribution in [3.8, 4) is 5.75 Å². The molecule has 0 unspecified atom stereocenters. The summed E-state index contributed by atoms with van der Waals surface area (Å²) in [5, 5.41) is 48.0. The van der Waals surface area contributed by atoms with Crippen molar-refractivity contribution >= 4 is 65.2 Å². The molecule has 0 bridgehead atoms. The minimum absolute atomic E-state index is 0.0369. The van der Waals surface area contributed by atoms with Crippen LogP contribution in [0.4, 0.5) is 0 Å². The molecule has 460 valence electrons.